The Morgan fingerprint density at radius 2 is 2.05 bits per heavy atom. The Balaban J connectivity index is 3.21. The molecule has 1 heterocycles. The topological polar surface area (TPSA) is 67.4 Å². The highest BCUT2D eigenvalue weighted by molar-refractivity contribution is 7.80. The first-order valence-electron chi connectivity index (χ1n) is 6.58. The second-order valence-electron chi connectivity index (χ2n) is 4.98. The van der Waals surface area contributed by atoms with E-state index < -0.39 is 0 Å². The Bertz CT molecular complexity index is 509. The minimum Gasteiger partial charge on any atom is -0.389 e. The van der Waals surface area contributed by atoms with Gasteiger partial charge in [-0.25, -0.2) is 0 Å². The van der Waals surface area contributed by atoms with Crippen LogP contribution in [0, 0.1) is 6.92 Å². The highest BCUT2D eigenvalue weighted by Crippen LogP contribution is 2.23. The Kier molecular flexibility index (Phi) is 5.50. The van der Waals surface area contributed by atoms with Crippen LogP contribution >= 0.6 is 12.2 Å². The summed E-state index contributed by atoms with van der Waals surface area (Å²) in [5.74, 6) is 0.846. The minimum atomic E-state index is 0.0335. The number of likely N-dealkylation sites (N-methyl/N-ethyl adjacent to an activating group) is 1. The van der Waals surface area contributed by atoms with E-state index in [0.29, 0.717) is 4.99 Å². The number of nitrogens with zero attached hydrogens (tertiary/aromatic N) is 4. The minimum absolute atomic E-state index is 0.0335. The molecule has 1 aromatic heterocycles. The van der Waals surface area contributed by atoms with Gasteiger partial charge >= 0.3 is 0 Å². The molecule has 0 aliphatic carbocycles. The molecule has 0 aliphatic rings. The summed E-state index contributed by atoms with van der Waals surface area (Å²) in [6.45, 7) is 4.97. The van der Waals surface area contributed by atoms with Crippen molar-refractivity contribution in [3.05, 3.63) is 11.3 Å². The molecule has 0 unspecified atom stereocenters. The molecular weight excluding hydrogens is 274 g/mol. The number of carbonyl (C=O) groups excluding carboxylic acids is 1. The molecule has 2 N–H and O–H groups in total. The van der Waals surface area contributed by atoms with Crippen molar-refractivity contribution in [3.8, 4) is 0 Å². The molecule has 0 saturated carbocycles. The number of hydrogen-bond donors (Lipinski definition) is 1. The third-order valence-electron chi connectivity index (χ3n) is 3.06. The van der Waals surface area contributed by atoms with E-state index >= 15 is 0 Å². The number of nitrogens with two attached hydrogens (primary N) is 1. The van der Waals surface area contributed by atoms with Gasteiger partial charge in [0.1, 0.15) is 10.8 Å². The second-order valence-corrected chi connectivity index (χ2v) is 5.42. The van der Waals surface area contributed by atoms with Gasteiger partial charge < -0.3 is 15.5 Å². The van der Waals surface area contributed by atoms with Crippen LogP contribution in [0.5, 0.6) is 0 Å². The summed E-state index contributed by atoms with van der Waals surface area (Å²) in [7, 11) is 5.33. The Morgan fingerprint density at radius 3 is 2.50 bits per heavy atom. The van der Waals surface area contributed by atoms with Crippen LogP contribution < -0.4 is 10.6 Å². The van der Waals surface area contributed by atoms with Gasteiger partial charge in [0.05, 0.1) is 17.8 Å². The van der Waals surface area contributed by atoms with Crippen LogP contribution in [-0.4, -0.2) is 52.8 Å². The summed E-state index contributed by atoms with van der Waals surface area (Å²) in [6, 6.07) is 0. The van der Waals surface area contributed by atoms with Crippen LogP contribution in [0.3, 0.4) is 0 Å². The highest BCUT2D eigenvalue weighted by Gasteiger charge is 2.22. The first-order chi connectivity index (χ1) is 9.29. The average molecular weight is 297 g/mol. The van der Waals surface area contributed by atoms with E-state index in [9.17, 15) is 4.79 Å². The standard InChI is InChI=1S/C13H23N5OS/c1-6-7-18(8-10(19)16(3)4)13-11(12(14)20)9(2)15-17(13)5/h6-8H2,1-5H3,(H2,14,20). The number of rotatable bonds is 6. The van der Waals surface area contributed by atoms with Crippen molar-refractivity contribution >= 4 is 28.9 Å². The molecule has 1 aromatic rings. The maximum atomic E-state index is 12.0. The molecule has 0 spiro atoms. The zero-order valence-electron chi connectivity index (χ0n) is 12.8. The van der Waals surface area contributed by atoms with E-state index in [2.05, 4.69) is 12.0 Å². The van der Waals surface area contributed by atoms with Crippen LogP contribution in [0.25, 0.3) is 0 Å². The van der Waals surface area contributed by atoms with E-state index in [4.69, 9.17) is 18.0 Å². The number of carbonyl (C=O) groups is 1. The van der Waals surface area contributed by atoms with Crippen molar-refractivity contribution in [2.75, 3.05) is 32.1 Å². The molecule has 20 heavy (non-hydrogen) atoms. The van der Waals surface area contributed by atoms with Crippen LogP contribution in [-0.2, 0) is 11.8 Å². The van der Waals surface area contributed by atoms with E-state index in [0.717, 1.165) is 30.0 Å². The fourth-order valence-electron chi connectivity index (χ4n) is 2.13. The summed E-state index contributed by atoms with van der Waals surface area (Å²) in [5.41, 5.74) is 7.35. The summed E-state index contributed by atoms with van der Waals surface area (Å²) < 4.78 is 1.74. The third-order valence-corrected chi connectivity index (χ3v) is 3.26. The van der Waals surface area contributed by atoms with Crippen LogP contribution in [0.15, 0.2) is 0 Å². The SMILES string of the molecule is CCCN(CC(=O)N(C)C)c1c(C(N)=S)c(C)nn1C. The maximum Gasteiger partial charge on any atom is 0.241 e. The lowest BCUT2D eigenvalue weighted by Crippen LogP contribution is -2.39. The number of aromatic nitrogens is 2. The molecule has 1 rings (SSSR count). The number of thiocarbonyl (C=S) groups is 1. The summed E-state index contributed by atoms with van der Waals surface area (Å²) in [5, 5.41) is 4.37. The highest BCUT2D eigenvalue weighted by atomic mass is 32.1. The summed E-state index contributed by atoms with van der Waals surface area (Å²) >= 11 is 5.12. The van der Waals surface area contributed by atoms with E-state index in [1.807, 2.05) is 18.9 Å². The van der Waals surface area contributed by atoms with Crippen molar-refractivity contribution in [1.29, 1.82) is 0 Å². The fraction of sp³-hybridized carbons (Fsp3) is 0.615. The Hall–Kier alpha value is -1.63. The third kappa shape index (κ3) is 3.47. The van der Waals surface area contributed by atoms with Gasteiger partial charge in [0.25, 0.3) is 0 Å². The molecule has 0 bridgehead atoms. The molecule has 6 nitrogen and oxygen atoms in total. The van der Waals surface area contributed by atoms with E-state index in [1.165, 1.54) is 0 Å². The first kappa shape index (κ1) is 16.4. The molecule has 112 valence electrons. The van der Waals surface area contributed by atoms with Gasteiger partial charge in [-0.2, -0.15) is 5.10 Å². The molecule has 0 atom stereocenters. The molecular formula is C13H23N5OS. The zero-order chi connectivity index (χ0) is 15.4. The molecule has 0 fully saturated rings. The lowest BCUT2D eigenvalue weighted by molar-refractivity contribution is -0.127. The van der Waals surface area contributed by atoms with Gasteiger partial charge in [-0.05, 0) is 13.3 Å². The van der Waals surface area contributed by atoms with Crippen LogP contribution in [0.2, 0.25) is 0 Å². The van der Waals surface area contributed by atoms with E-state index in [1.54, 1.807) is 23.7 Å². The van der Waals surface area contributed by atoms with Gasteiger partial charge in [-0.3, -0.25) is 9.48 Å². The molecule has 0 radical (unpaired) electrons. The van der Waals surface area contributed by atoms with Crippen LogP contribution in [0.4, 0.5) is 5.82 Å². The quantitative estimate of drug-likeness (QED) is 0.782. The van der Waals surface area contributed by atoms with Gasteiger partial charge in [0.2, 0.25) is 5.91 Å². The lowest BCUT2D eigenvalue weighted by Gasteiger charge is -2.26. The zero-order valence-corrected chi connectivity index (χ0v) is 13.6. The number of hydrogen-bond acceptors (Lipinski definition) is 4. The number of anilines is 1. The first-order valence-corrected chi connectivity index (χ1v) is 6.98. The predicted octanol–water partition coefficient (Wildman–Crippen LogP) is 0.667. The second kappa shape index (κ2) is 6.69. The average Bonchev–Trinajstić information content (AvgIpc) is 2.63. The fourth-order valence-corrected chi connectivity index (χ4v) is 2.37. The largest absolute Gasteiger partial charge is 0.389 e. The molecule has 7 heteroatoms. The van der Waals surface area contributed by atoms with Crippen molar-refractivity contribution in [2.24, 2.45) is 12.8 Å². The molecule has 0 aliphatic heterocycles. The smallest absolute Gasteiger partial charge is 0.241 e. The van der Waals surface area contributed by atoms with Crippen molar-refractivity contribution in [2.45, 2.75) is 20.3 Å². The van der Waals surface area contributed by atoms with Crippen LogP contribution in [0.1, 0.15) is 24.6 Å². The van der Waals surface area contributed by atoms with Gasteiger partial charge in [0.15, 0.2) is 0 Å². The number of aryl methyl sites for hydroxylation is 2. The van der Waals surface area contributed by atoms with Crippen molar-refractivity contribution in [3.63, 3.8) is 0 Å². The van der Waals surface area contributed by atoms with Gasteiger partial charge in [-0.1, -0.05) is 19.1 Å². The normalized spacial score (nSPS) is 10.4. The Labute approximate surface area is 125 Å². The monoisotopic (exact) mass is 297 g/mol. The Morgan fingerprint density at radius 1 is 1.45 bits per heavy atom. The lowest BCUT2D eigenvalue weighted by atomic mass is 10.2. The van der Waals surface area contributed by atoms with Crippen molar-refractivity contribution in [1.82, 2.24) is 14.7 Å². The summed E-state index contributed by atoms with van der Waals surface area (Å²) in [6.07, 6.45) is 0.918. The number of amides is 1. The predicted molar refractivity (Wildman–Crippen MR) is 85.0 cm³/mol. The maximum absolute atomic E-state index is 12.0. The molecule has 0 saturated heterocycles. The molecule has 1 amide bonds. The van der Waals surface area contributed by atoms with Crippen molar-refractivity contribution < 1.29 is 4.79 Å². The van der Waals surface area contributed by atoms with E-state index in [-0.39, 0.29) is 12.5 Å². The van der Waals surface area contributed by atoms with Gasteiger partial charge in [-0.15, -0.1) is 0 Å². The van der Waals surface area contributed by atoms with Gasteiger partial charge in [0, 0.05) is 27.7 Å². The summed E-state index contributed by atoms with van der Waals surface area (Å²) in [4.78, 5) is 15.9. The molecule has 0 aromatic carbocycles.